The number of carbonyl (C=O) groups is 1. The number of nitrogens with one attached hydrogen (secondary N) is 2. The van der Waals surface area contributed by atoms with Gasteiger partial charge in [-0.1, -0.05) is 0 Å². The van der Waals surface area contributed by atoms with E-state index in [1.807, 2.05) is 0 Å². The predicted molar refractivity (Wildman–Crippen MR) is 81.1 cm³/mol. The molecule has 2 fully saturated rings. The number of halogens is 1. The van der Waals surface area contributed by atoms with E-state index in [1.54, 1.807) is 0 Å². The number of hydrogen-bond acceptors (Lipinski definition) is 4. The van der Waals surface area contributed by atoms with Gasteiger partial charge in [0.15, 0.2) is 0 Å². The third kappa shape index (κ3) is 4.07. The number of hydrogen-bond donors (Lipinski definition) is 2. The fourth-order valence-electron chi connectivity index (χ4n) is 2.45. The van der Waals surface area contributed by atoms with Gasteiger partial charge in [0.05, 0.1) is 6.10 Å². The van der Waals surface area contributed by atoms with Crippen LogP contribution in [0.4, 0.5) is 4.39 Å². The average Bonchev–Trinajstić information content (AvgIpc) is 3.15. The van der Waals surface area contributed by atoms with Gasteiger partial charge in [-0.05, 0) is 43.9 Å². The maximum Gasteiger partial charge on any atom is 0.251 e. The zero-order chi connectivity index (χ0) is 16.4. The number of benzene rings is 1. The van der Waals surface area contributed by atoms with Crippen molar-refractivity contribution in [3.8, 4) is 0 Å². The monoisotopic (exact) mass is 342 g/mol. The van der Waals surface area contributed by atoms with E-state index in [2.05, 4.69) is 10.0 Å². The molecule has 1 heterocycles. The SMILES string of the molecule is O=C(NC[C@H]1CCCO1)c1ccc(F)c(S(=O)(=O)NC2CC2)c1. The van der Waals surface area contributed by atoms with E-state index < -0.39 is 26.6 Å². The highest BCUT2D eigenvalue weighted by molar-refractivity contribution is 7.89. The lowest BCUT2D eigenvalue weighted by molar-refractivity contribution is 0.0857. The van der Waals surface area contributed by atoms with Crippen LogP contribution in [0.5, 0.6) is 0 Å². The van der Waals surface area contributed by atoms with E-state index in [0.717, 1.165) is 37.8 Å². The largest absolute Gasteiger partial charge is 0.376 e. The van der Waals surface area contributed by atoms with Crippen LogP contribution in [0.2, 0.25) is 0 Å². The zero-order valence-corrected chi connectivity index (χ0v) is 13.4. The van der Waals surface area contributed by atoms with Gasteiger partial charge in [-0.25, -0.2) is 17.5 Å². The predicted octanol–water partition coefficient (Wildman–Crippen LogP) is 1.18. The van der Waals surface area contributed by atoms with E-state index in [4.69, 9.17) is 4.74 Å². The second kappa shape index (κ2) is 6.54. The molecule has 2 aliphatic rings. The summed E-state index contributed by atoms with van der Waals surface area (Å²) in [5.41, 5.74) is 0.112. The van der Waals surface area contributed by atoms with Crippen LogP contribution in [0.1, 0.15) is 36.0 Å². The highest BCUT2D eigenvalue weighted by Gasteiger charge is 2.30. The minimum atomic E-state index is -3.94. The summed E-state index contributed by atoms with van der Waals surface area (Å²) in [4.78, 5) is 11.6. The first-order valence-corrected chi connectivity index (χ1v) is 9.16. The summed E-state index contributed by atoms with van der Waals surface area (Å²) in [6.07, 6.45) is 3.34. The van der Waals surface area contributed by atoms with Gasteiger partial charge in [0, 0.05) is 24.8 Å². The van der Waals surface area contributed by atoms with Gasteiger partial charge in [-0.15, -0.1) is 0 Å². The van der Waals surface area contributed by atoms with Crippen LogP contribution in [0.3, 0.4) is 0 Å². The molecule has 1 aliphatic heterocycles. The van der Waals surface area contributed by atoms with Gasteiger partial charge in [0.2, 0.25) is 10.0 Å². The van der Waals surface area contributed by atoms with Crippen LogP contribution in [0, 0.1) is 5.82 Å². The smallest absolute Gasteiger partial charge is 0.251 e. The molecule has 1 saturated heterocycles. The molecule has 1 amide bonds. The first-order chi connectivity index (χ1) is 11.0. The van der Waals surface area contributed by atoms with Crippen molar-refractivity contribution < 1.29 is 22.3 Å². The van der Waals surface area contributed by atoms with Crippen molar-refractivity contribution in [1.82, 2.24) is 10.0 Å². The topological polar surface area (TPSA) is 84.5 Å². The van der Waals surface area contributed by atoms with Crippen molar-refractivity contribution in [3.63, 3.8) is 0 Å². The molecule has 0 aromatic heterocycles. The number of carbonyl (C=O) groups excluding carboxylic acids is 1. The summed E-state index contributed by atoms with van der Waals surface area (Å²) >= 11 is 0. The molecule has 0 unspecified atom stereocenters. The standard InChI is InChI=1S/C15H19FN2O4S/c16-13-6-3-10(15(19)17-9-12-2-1-7-22-12)8-14(13)23(20,21)18-11-4-5-11/h3,6,8,11-12,18H,1-2,4-5,7,9H2,(H,17,19)/t12-/m1/s1. The van der Waals surface area contributed by atoms with Gasteiger partial charge < -0.3 is 10.1 Å². The summed E-state index contributed by atoms with van der Waals surface area (Å²) in [6.45, 7) is 1.05. The third-order valence-electron chi connectivity index (χ3n) is 3.90. The van der Waals surface area contributed by atoms with Crippen LogP contribution in [0.25, 0.3) is 0 Å². The molecule has 0 spiro atoms. The molecule has 6 nitrogen and oxygen atoms in total. The van der Waals surface area contributed by atoms with E-state index >= 15 is 0 Å². The molecule has 0 radical (unpaired) electrons. The average molecular weight is 342 g/mol. The molecule has 8 heteroatoms. The molecule has 1 atom stereocenters. The van der Waals surface area contributed by atoms with Gasteiger partial charge in [-0.2, -0.15) is 0 Å². The summed E-state index contributed by atoms with van der Waals surface area (Å²) in [5.74, 6) is -1.31. The molecule has 0 bridgehead atoms. The van der Waals surface area contributed by atoms with Crippen molar-refractivity contribution in [2.75, 3.05) is 13.2 Å². The molecule has 23 heavy (non-hydrogen) atoms. The normalized spacial score (nSPS) is 21.3. The van der Waals surface area contributed by atoms with E-state index in [9.17, 15) is 17.6 Å². The fraction of sp³-hybridized carbons (Fsp3) is 0.533. The van der Waals surface area contributed by atoms with Crippen molar-refractivity contribution in [1.29, 1.82) is 0 Å². The Morgan fingerprint density at radius 1 is 1.30 bits per heavy atom. The molecule has 1 aliphatic carbocycles. The number of amides is 1. The Bertz CT molecular complexity index is 697. The Morgan fingerprint density at radius 3 is 2.74 bits per heavy atom. The molecular weight excluding hydrogens is 323 g/mol. The van der Waals surface area contributed by atoms with Gasteiger partial charge in [0.1, 0.15) is 10.7 Å². The van der Waals surface area contributed by atoms with Crippen molar-refractivity contribution >= 4 is 15.9 Å². The maximum atomic E-state index is 13.9. The molecule has 2 N–H and O–H groups in total. The molecule has 1 aromatic carbocycles. The number of ether oxygens (including phenoxy) is 1. The Morgan fingerprint density at radius 2 is 2.09 bits per heavy atom. The lowest BCUT2D eigenvalue weighted by atomic mass is 10.2. The maximum absolute atomic E-state index is 13.9. The van der Waals surface area contributed by atoms with Gasteiger partial charge in [-0.3, -0.25) is 4.79 Å². The van der Waals surface area contributed by atoms with Crippen LogP contribution in [0.15, 0.2) is 23.1 Å². The summed E-state index contributed by atoms with van der Waals surface area (Å²) in [7, 11) is -3.94. The first-order valence-electron chi connectivity index (χ1n) is 7.67. The van der Waals surface area contributed by atoms with Gasteiger partial charge >= 0.3 is 0 Å². The summed E-state index contributed by atoms with van der Waals surface area (Å²) in [6, 6.07) is 3.22. The Balaban J connectivity index is 1.72. The number of rotatable bonds is 6. The lowest BCUT2D eigenvalue weighted by Gasteiger charge is -2.12. The number of sulfonamides is 1. The van der Waals surface area contributed by atoms with E-state index in [0.29, 0.717) is 13.2 Å². The molecule has 1 saturated carbocycles. The fourth-order valence-corrected chi connectivity index (χ4v) is 3.86. The van der Waals surface area contributed by atoms with Crippen molar-refractivity contribution in [2.24, 2.45) is 0 Å². The first kappa shape index (κ1) is 16.4. The van der Waals surface area contributed by atoms with Crippen LogP contribution in [-0.4, -0.2) is 39.6 Å². The molecule has 1 aromatic rings. The van der Waals surface area contributed by atoms with Crippen molar-refractivity contribution in [3.05, 3.63) is 29.6 Å². The van der Waals surface area contributed by atoms with Crippen LogP contribution in [-0.2, 0) is 14.8 Å². The highest BCUT2D eigenvalue weighted by atomic mass is 32.2. The minimum absolute atomic E-state index is 0.0147. The Hall–Kier alpha value is -1.51. The lowest BCUT2D eigenvalue weighted by Crippen LogP contribution is -2.32. The van der Waals surface area contributed by atoms with Crippen molar-refractivity contribution in [2.45, 2.75) is 42.7 Å². The summed E-state index contributed by atoms with van der Waals surface area (Å²) < 4.78 is 46.0. The van der Waals surface area contributed by atoms with E-state index in [1.165, 1.54) is 6.07 Å². The molecule has 3 rings (SSSR count). The van der Waals surface area contributed by atoms with E-state index in [-0.39, 0.29) is 17.7 Å². The highest BCUT2D eigenvalue weighted by Crippen LogP contribution is 2.24. The minimum Gasteiger partial charge on any atom is -0.376 e. The second-order valence-corrected chi connectivity index (χ2v) is 7.57. The zero-order valence-electron chi connectivity index (χ0n) is 12.5. The van der Waals surface area contributed by atoms with Crippen LogP contribution >= 0.6 is 0 Å². The van der Waals surface area contributed by atoms with Gasteiger partial charge in [0.25, 0.3) is 5.91 Å². The second-order valence-electron chi connectivity index (χ2n) is 5.89. The Kier molecular flexibility index (Phi) is 4.65. The molecule has 126 valence electrons. The summed E-state index contributed by atoms with van der Waals surface area (Å²) in [5, 5.41) is 2.69. The van der Waals surface area contributed by atoms with Crippen LogP contribution < -0.4 is 10.0 Å². The quantitative estimate of drug-likeness (QED) is 0.813. The third-order valence-corrected chi connectivity index (χ3v) is 5.43. The molecular formula is C15H19FN2O4S. The Labute approximate surface area is 134 Å².